The fourth-order valence-electron chi connectivity index (χ4n) is 1.51. The molecule has 13 heavy (non-hydrogen) atoms. The van der Waals surface area contributed by atoms with Gasteiger partial charge >= 0.3 is 0 Å². The van der Waals surface area contributed by atoms with Gasteiger partial charge in [0, 0.05) is 0 Å². The van der Waals surface area contributed by atoms with E-state index < -0.39 is 0 Å². The second-order valence-corrected chi connectivity index (χ2v) is 3.24. The largest absolute Gasteiger partial charge is 0.508 e. The van der Waals surface area contributed by atoms with Crippen molar-refractivity contribution in [2.45, 2.75) is 26.2 Å². The third kappa shape index (κ3) is 2.74. The van der Waals surface area contributed by atoms with Gasteiger partial charge in [-0.05, 0) is 42.6 Å². The fraction of sp³-hybridized carbons (Fsp3) is 0.455. The number of phenols is 1. The molecule has 2 heteroatoms. The van der Waals surface area contributed by atoms with Crippen LogP contribution in [0.5, 0.6) is 5.75 Å². The molecular weight excluding hydrogens is 162 g/mol. The molecule has 0 aliphatic rings. The SMILES string of the molecule is CCCc1ccc(O)cc1CCN. The van der Waals surface area contributed by atoms with Gasteiger partial charge in [0.1, 0.15) is 5.75 Å². The van der Waals surface area contributed by atoms with Gasteiger partial charge in [0.05, 0.1) is 0 Å². The van der Waals surface area contributed by atoms with Gasteiger partial charge in [0.25, 0.3) is 0 Å². The molecular formula is C11H17NO. The normalized spacial score (nSPS) is 10.3. The summed E-state index contributed by atoms with van der Waals surface area (Å²) in [6.45, 7) is 2.79. The number of phenolic OH excluding ortho intramolecular Hbond substituents is 1. The molecule has 0 amide bonds. The Bertz CT molecular complexity index is 271. The first-order valence-corrected chi connectivity index (χ1v) is 4.78. The molecule has 2 nitrogen and oxygen atoms in total. The molecule has 0 saturated heterocycles. The Morgan fingerprint density at radius 2 is 2.00 bits per heavy atom. The van der Waals surface area contributed by atoms with Crippen LogP contribution in [0.3, 0.4) is 0 Å². The van der Waals surface area contributed by atoms with Crippen molar-refractivity contribution in [3.63, 3.8) is 0 Å². The predicted molar refractivity (Wildman–Crippen MR) is 54.9 cm³/mol. The molecule has 3 N–H and O–H groups in total. The maximum Gasteiger partial charge on any atom is 0.115 e. The van der Waals surface area contributed by atoms with Crippen molar-refractivity contribution < 1.29 is 5.11 Å². The molecule has 1 aromatic rings. The molecule has 1 aromatic carbocycles. The van der Waals surface area contributed by atoms with E-state index in [9.17, 15) is 5.11 Å². The summed E-state index contributed by atoms with van der Waals surface area (Å²) in [6, 6.07) is 5.55. The van der Waals surface area contributed by atoms with Crippen LogP contribution in [-0.4, -0.2) is 11.7 Å². The van der Waals surface area contributed by atoms with Gasteiger partial charge in [0.15, 0.2) is 0 Å². The third-order valence-corrected chi connectivity index (χ3v) is 2.12. The number of hydrogen-bond acceptors (Lipinski definition) is 2. The summed E-state index contributed by atoms with van der Waals surface area (Å²) in [6.07, 6.45) is 3.04. The molecule has 72 valence electrons. The zero-order chi connectivity index (χ0) is 9.68. The summed E-state index contributed by atoms with van der Waals surface area (Å²) in [5.74, 6) is 0.336. The second kappa shape index (κ2) is 4.87. The van der Waals surface area contributed by atoms with E-state index >= 15 is 0 Å². The average Bonchev–Trinajstić information content (AvgIpc) is 2.10. The minimum Gasteiger partial charge on any atom is -0.508 e. The smallest absolute Gasteiger partial charge is 0.115 e. The van der Waals surface area contributed by atoms with Crippen LogP contribution >= 0.6 is 0 Å². The van der Waals surface area contributed by atoms with Gasteiger partial charge in [-0.15, -0.1) is 0 Å². The van der Waals surface area contributed by atoms with Crippen molar-refractivity contribution in [2.75, 3.05) is 6.54 Å². The van der Waals surface area contributed by atoms with Crippen LogP contribution in [-0.2, 0) is 12.8 Å². The summed E-state index contributed by atoms with van der Waals surface area (Å²) >= 11 is 0. The van der Waals surface area contributed by atoms with E-state index in [0.29, 0.717) is 12.3 Å². The first-order valence-electron chi connectivity index (χ1n) is 4.78. The van der Waals surface area contributed by atoms with E-state index in [1.165, 1.54) is 11.1 Å². The number of rotatable bonds is 4. The van der Waals surface area contributed by atoms with Gasteiger partial charge in [-0.25, -0.2) is 0 Å². The van der Waals surface area contributed by atoms with E-state index in [0.717, 1.165) is 19.3 Å². The molecule has 0 bridgehead atoms. The lowest BCUT2D eigenvalue weighted by Crippen LogP contribution is -2.05. The van der Waals surface area contributed by atoms with Crippen molar-refractivity contribution in [3.8, 4) is 5.75 Å². The number of nitrogens with two attached hydrogens (primary N) is 1. The van der Waals surface area contributed by atoms with Crippen LogP contribution in [0.4, 0.5) is 0 Å². The highest BCUT2D eigenvalue weighted by Gasteiger charge is 2.01. The standard InChI is InChI=1S/C11H17NO/c1-2-3-9-4-5-11(13)8-10(9)6-7-12/h4-5,8,13H,2-3,6-7,12H2,1H3. The van der Waals surface area contributed by atoms with E-state index in [1.807, 2.05) is 12.1 Å². The molecule has 0 spiro atoms. The summed E-state index contributed by atoms with van der Waals surface area (Å²) in [7, 11) is 0. The van der Waals surface area contributed by atoms with Crippen LogP contribution in [0, 0.1) is 0 Å². The number of benzene rings is 1. The Hall–Kier alpha value is -1.02. The van der Waals surface area contributed by atoms with Crippen LogP contribution in [0.1, 0.15) is 24.5 Å². The van der Waals surface area contributed by atoms with Crippen molar-refractivity contribution in [1.82, 2.24) is 0 Å². The Morgan fingerprint density at radius 1 is 1.23 bits per heavy atom. The lowest BCUT2D eigenvalue weighted by molar-refractivity contribution is 0.474. The molecule has 0 heterocycles. The van der Waals surface area contributed by atoms with Gasteiger partial charge in [-0.1, -0.05) is 19.4 Å². The van der Waals surface area contributed by atoms with E-state index in [-0.39, 0.29) is 0 Å². The first kappa shape index (κ1) is 10.1. The van der Waals surface area contributed by atoms with Gasteiger partial charge < -0.3 is 10.8 Å². The highest BCUT2D eigenvalue weighted by atomic mass is 16.3. The van der Waals surface area contributed by atoms with Crippen molar-refractivity contribution in [3.05, 3.63) is 29.3 Å². The minimum absolute atomic E-state index is 0.336. The summed E-state index contributed by atoms with van der Waals surface area (Å²) in [4.78, 5) is 0. The first-order chi connectivity index (χ1) is 6.27. The minimum atomic E-state index is 0.336. The average molecular weight is 179 g/mol. The summed E-state index contributed by atoms with van der Waals surface area (Å²) in [5, 5.41) is 9.29. The predicted octanol–water partition coefficient (Wildman–Crippen LogP) is 1.85. The molecule has 0 aliphatic carbocycles. The van der Waals surface area contributed by atoms with Crippen LogP contribution in [0.15, 0.2) is 18.2 Å². The molecule has 0 aromatic heterocycles. The van der Waals surface area contributed by atoms with E-state index in [1.54, 1.807) is 6.07 Å². The van der Waals surface area contributed by atoms with Gasteiger partial charge in [-0.3, -0.25) is 0 Å². The van der Waals surface area contributed by atoms with Crippen LogP contribution in [0.2, 0.25) is 0 Å². The maximum atomic E-state index is 9.29. The second-order valence-electron chi connectivity index (χ2n) is 3.24. The van der Waals surface area contributed by atoms with Crippen molar-refractivity contribution >= 4 is 0 Å². The molecule has 0 atom stereocenters. The number of aryl methyl sites for hydroxylation is 1. The van der Waals surface area contributed by atoms with Crippen LogP contribution < -0.4 is 5.73 Å². The topological polar surface area (TPSA) is 46.2 Å². The Morgan fingerprint density at radius 3 is 2.62 bits per heavy atom. The zero-order valence-corrected chi connectivity index (χ0v) is 8.09. The van der Waals surface area contributed by atoms with E-state index in [2.05, 4.69) is 6.92 Å². The summed E-state index contributed by atoms with van der Waals surface area (Å²) in [5.41, 5.74) is 7.99. The fourth-order valence-corrected chi connectivity index (χ4v) is 1.51. The van der Waals surface area contributed by atoms with Gasteiger partial charge in [-0.2, -0.15) is 0 Å². The Balaban J connectivity index is 2.89. The molecule has 0 saturated carbocycles. The molecule has 0 fully saturated rings. The number of hydrogen-bond donors (Lipinski definition) is 2. The van der Waals surface area contributed by atoms with Crippen molar-refractivity contribution in [2.24, 2.45) is 5.73 Å². The maximum absolute atomic E-state index is 9.29. The van der Waals surface area contributed by atoms with E-state index in [4.69, 9.17) is 5.73 Å². The summed E-state index contributed by atoms with van der Waals surface area (Å²) < 4.78 is 0. The quantitative estimate of drug-likeness (QED) is 0.741. The molecule has 0 aliphatic heterocycles. The monoisotopic (exact) mass is 179 g/mol. The number of aromatic hydroxyl groups is 1. The zero-order valence-electron chi connectivity index (χ0n) is 8.09. The highest BCUT2D eigenvalue weighted by Crippen LogP contribution is 2.18. The third-order valence-electron chi connectivity index (χ3n) is 2.12. The Kier molecular flexibility index (Phi) is 3.77. The van der Waals surface area contributed by atoms with Gasteiger partial charge in [0.2, 0.25) is 0 Å². The lowest BCUT2D eigenvalue weighted by Gasteiger charge is -2.07. The lowest BCUT2D eigenvalue weighted by atomic mass is 10.0. The highest BCUT2D eigenvalue weighted by molar-refractivity contribution is 5.35. The van der Waals surface area contributed by atoms with Crippen LogP contribution in [0.25, 0.3) is 0 Å². The molecule has 0 unspecified atom stereocenters. The molecule has 0 radical (unpaired) electrons. The Labute approximate surface area is 79.4 Å². The molecule has 1 rings (SSSR count). The van der Waals surface area contributed by atoms with Crippen molar-refractivity contribution in [1.29, 1.82) is 0 Å².